The van der Waals surface area contributed by atoms with E-state index < -0.39 is 0 Å². The van der Waals surface area contributed by atoms with E-state index in [-0.39, 0.29) is 12.4 Å². The lowest BCUT2D eigenvalue weighted by atomic mass is 10.3. The number of halogens is 2. The van der Waals surface area contributed by atoms with E-state index >= 15 is 0 Å². The lowest BCUT2D eigenvalue weighted by Crippen LogP contribution is -2.10. The van der Waals surface area contributed by atoms with Gasteiger partial charge in [0.05, 0.1) is 11.0 Å². The van der Waals surface area contributed by atoms with Gasteiger partial charge >= 0.3 is 0 Å². The van der Waals surface area contributed by atoms with Gasteiger partial charge in [0.25, 0.3) is 0 Å². The van der Waals surface area contributed by atoms with E-state index in [1.807, 2.05) is 19.1 Å². The monoisotopic (exact) mass is 327 g/mol. The minimum Gasteiger partial charge on any atom is -0.486 e. The zero-order valence-electron chi connectivity index (χ0n) is 10.6. The fourth-order valence-corrected chi connectivity index (χ4v) is 1.81. The maximum Gasteiger partial charge on any atom is 0.146 e. The summed E-state index contributed by atoms with van der Waals surface area (Å²) in [5.74, 6) is 1.72. The SMILES string of the molecule is CCNCc1ccc(COc2ccc(Br)c(F)c2)o1. The third kappa shape index (κ3) is 4.08. The molecule has 0 bridgehead atoms. The van der Waals surface area contributed by atoms with Gasteiger partial charge in [0.1, 0.15) is 29.7 Å². The summed E-state index contributed by atoms with van der Waals surface area (Å²) in [4.78, 5) is 0. The Balaban J connectivity index is 1.91. The van der Waals surface area contributed by atoms with E-state index in [1.165, 1.54) is 6.07 Å². The Hall–Kier alpha value is -1.33. The molecule has 102 valence electrons. The molecular formula is C14H15BrFNO2. The quantitative estimate of drug-likeness (QED) is 0.874. The summed E-state index contributed by atoms with van der Waals surface area (Å²) in [5, 5.41) is 3.18. The first kappa shape index (κ1) is 14.1. The molecule has 0 spiro atoms. The normalized spacial score (nSPS) is 10.7. The van der Waals surface area contributed by atoms with E-state index in [9.17, 15) is 4.39 Å². The van der Waals surface area contributed by atoms with Gasteiger partial charge < -0.3 is 14.5 Å². The lowest BCUT2D eigenvalue weighted by molar-refractivity contribution is 0.264. The molecule has 3 nitrogen and oxygen atoms in total. The molecule has 0 aliphatic rings. The van der Waals surface area contributed by atoms with Crippen molar-refractivity contribution in [3.8, 4) is 5.75 Å². The number of benzene rings is 1. The molecule has 1 N–H and O–H groups in total. The molecule has 0 amide bonds. The highest BCUT2D eigenvalue weighted by Gasteiger charge is 2.05. The van der Waals surface area contributed by atoms with Crippen LogP contribution in [0.25, 0.3) is 0 Å². The Kier molecular flexibility index (Phi) is 4.99. The molecule has 0 aliphatic heterocycles. The summed E-state index contributed by atoms with van der Waals surface area (Å²) in [6.07, 6.45) is 0. The van der Waals surface area contributed by atoms with Crippen molar-refractivity contribution in [2.75, 3.05) is 6.54 Å². The highest BCUT2D eigenvalue weighted by Crippen LogP contribution is 2.22. The van der Waals surface area contributed by atoms with Crippen molar-refractivity contribution >= 4 is 15.9 Å². The molecular weight excluding hydrogens is 313 g/mol. The second kappa shape index (κ2) is 6.73. The Bertz CT molecular complexity index is 542. The van der Waals surface area contributed by atoms with Gasteiger partial charge in [-0.25, -0.2) is 4.39 Å². The van der Waals surface area contributed by atoms with E-state index in [0.29, 0.717) is 16.8 Å². The molecule has 2 rings (SSSR count). The Morgan fingerprint density at radius 2 is 2.05 bits per heavy atom. The van der Waals surface area contributed by atoms with Crippen molar-refractivity contribution in [2.45, 2.75) is 20.1 Å². The number of ether oxygens (including phenoxy) is 1. The van der Waals surface area contributed by atoms with Crippen LogP contribution in [0.1, 0.15) is 18.4 Å². The molecule has 5 heteroatoms. The van der Waals surface area contributed by atoms with Crippen LogP contribution in [0, 0.1) is 5.82 Å². The van der Waals surface area contributed by atoms with Gasteiger partial charge in [-0.2, -0.15) is 0 Å². The number of furan rings is 1. The smallest absolute Gasteiger partial charge is 0.146 e. The maximum atomic E-state index is 13.3. The Morgan fingerprint density at radius 1 is 1.26 bits per heavy atom. The predicted octanol–water partition coefficient (Wildman–Crippen LogP) is 3.87. The van der Waals surface area contributed by atoms with Crippen LogP contribution in [0.4, 0.5) is 4.39 Å². The van der Waals surface area contributed by atoms with Gasteiger partial charge in [0.15, 0.2) is 0 Å². The molecule has 0 aliphatic carbocycles. The van der Waals surface area contributed by atoms with Gasteiger partial charge in [0.2, 0.25) is 0 Å². The molecule has 0 saturated carbocycles. The zero-order chi connectivity index (χ0) is 13.7. The topological polar surface area (TPSA) is 34.4 Å². The Labute approximate surface area is 119 Å². The third-order valence-electron chi connectivity index (χ3n) is 2.54. The van der Waals surface area contributed by atoms with Crippen molar-refractivity contribution in [1.82, 2.24) is 5.32 Å². The first-order chi connectivity index (χ1) is 9.19. The highest BCUT2D eigenvalue weighted by atomic mass is 79.9. The molecule has 0 atom stereocenters. The second-order valence-electron chi connectivity index (χ2n) is 4.01. The predicted molar refractivity (Wildman–Crippen MR) is 74.5 cm³/mol. The number of hydrogen-bond acceptors (Lipinski definition) is 3. The fraction of sp³-hybridized carbons (Fsp3) is 0.286. The van der Waals surface area contributed by atoms with Crippen molar-refractivity contribution in [3.63, 3.8) is 0 Å². The van der Waals surface area contributed by atoms with Crippen molar-refractivity contribution < 1.29 is 13.5 Å². The van der Waals surface area contributed by atoms with Crippen molar-refractivity contribution in [3.05, 3.63) is 52.1 Å². The zero-order valence-corrected chi connectivity index (χ0v) is 12.2. The number of nitrogens with one attached hydrogen (secondary N) is 1. The van der Waals surface area contributed by atoms with Gasteiger partial charge in [0, 0.05) is 6.07 Å². The lowest BCUT2D eigenvalue weighted by Gasteiger charge is -2.05. The molecule has 2 aromatic rings. The largest absolute Gasteiger partial charge is 0.486 e. The fourth-order valence-electron chi connectivity index (χ4n) is 1.56. The van der Waals surface area contributed by atoms with E-state index in [1.54, 1.807) is 12.1 Å². The van der Waals surface area contributed by atoms with Crippen molar-refractivity contribution in [1.29, 1.82) is 0 Å². The average Bonchev–Trinajstić information content (AvgIpc) is 2.86. The molecule has 1 heterocycles. The standard InChI is InChI=1S/C14H15BrFNO2/c1-2-17-8-11-3-4-12(19-11)9-18-10-5-6-13(15)14(16)7-10/h3-7,17H,2,8-9H2,1H3. The summed E-state index contributed by atoms with van der Waals surface area (Å²) in [6, 6.07) is 8.43. The van der Waals surface area contributed by atoms with Crippen LogP contribution in [0.5, 0.6) is 5.75 Å². The van der Waals surface area contributed by atoms with Gasteiger partial charge in [-0.3, -0.25) is 0 Å². The first-order valence-electron chi connectivity index (χ1n) is 6.05. The maximum absolute atomic E-state index is 13.3. The average molecular weight is 328 g/mol. The second-order valence-corrected chi connectivity index (χ2v) is 4.87. The third-order valence-corrected chi connectivity index (χ3v) is 3.18. The number of hydrogen-bond donors (Lipinski definition) is 1. The van der Waals surface area contributed by atoms with Gasteiger partial charge in [-0.1, -0.05) is 6.92 Å². The van der Waals surface area contributed by atoms with Crippen LogP contribution >= 0.6 is 15.9 Å². The highest BCUT2D eigenvalue weighted by molar-refractivity contribution is 9.10. The summed E-state index contributed by atoms with van der Waals surface area (Å²) < 4.78 is 24.8. The molecule has 0 fully saturated rings. The van der Waals surface area contributed by atoms with E-state index in [4.69, 9.17) is 9.15 Å². The van der Waals surface area contributed by atoms with Crippen LogP contribution in [0.2, 0.25) is 0 Å². The van der Waals surface area contributed by atoms with Crippen LogP contribution in [0.15, 0.2) is 39.2 Å². The molecule has 0 radical (unpaired) electrons. The summed E-state index contributed by atoms with van der Waals surface area (Å²) >= 11 is 3.10. The minimum atomic E-state index is -0.343. The summed E-state index contributed by atoms with van der Waals surface area (Å²) in [6.45, 7) is 3.91. The van der Waals surface area contributed by atoms with Crippen LogP contribution in [-0.2, 0) is 13.2 Å². The van der Waals surface area contributed by atoms with Crippen LogP contribution in [0.3, 0.4) is 0 Å². The van der Waals surface area contributed by atoms with Crippen molar-refractivity contribution in [2.24, 2.45) is 0 Å². The molecule has 0 saturated heterocycles. The minimum absolute atomic E-state index is 0.285. The van der Waals surface area contributed by atoms with E-state index in [2.05, 4.69) is 21.2 Å². The Morgan fingerprint density at radius 3 is 2.79 bits per heavy atom. The summed E-state index contributed by atoms with van der Waals surface area (Å²) in [5.41, 5.74) is 0. The number of rotatable bonds is 6. The van der Waals surface area contributed by atoms with E-state index in [0.717, 1.165) is 18.1 Å². The van der Waals surface area contributed by atoms with Gasteiger partial charge in [-0.05, 0) is 46.7 Å². The molecule has 1 aromatic carbocycles. The van der Waals surface area contributed by atoms with Gasteiger partial charge in [-0.15, -0.1) is 0 Å². The van der Waals surface area contributed by atoms with Crippen LogP contribution in [-0.4, -0.2) is 6.54 Å². The summed E-state index contributed by atoms with van der Waals surface area (Å²) in [7, 11) is 0. The van der Waals surface area contributed by atoms with Crippen LogP contribution < -0.4 is 10.1 Å². The molecule has 19 heavy (non-hydrogen) atoms. The molecule has 1 aromatic heterocycles. The first-order valence-corrected chi connectivity index (χ1v) is 6.84. The molecule has 0 unspecified atom stereocenters.